The van der Waals surface area contributed by atoms with Crippen LogP contribution in [0.4, 0.5) is 0 Å². The molecule has 98 valence electrons. The Bertz CT molecular complexity index is 383. The summed E-state index contributed by atoms with van der Waals surface area (Å²) in [7, 11) is 0. The number of rotatable bonds is 5. The van der Waals surface area contributed by atoms with Crippen molar-refractivity contribution in [3.63, 3.8) is 0 Å². The van der Waals surface area contributed by atoms with E-state index in [4.69, 9.17) is 4.74 Å². The Morgan fingerprint density at radius 1 is 1.39 bits per heavy atom. The van der Waals surface area contributed by atoms with E-state index in [2.05, 4.69) is 17.4 Å². The molecule has 1 fully saturated rings. The zero-order valence-corrected chi connectivity index (χ0v) is 10.9. The van der Waals surface area contributed by atoms with Crippen LogP contribution in [0.3, 0.4) is 0 Å². The molecular weight excluding hydrogens is 226 g/mol. The highest BCUT2D eigenvalue weighted by Gasteiger charge is 2.37. The fourth-order valence-corrected chi connectivity index (χ4v) is 2.31. The molecule has 1 N–H and O–H groups in total. The molecule has 1 saturated heterocycles. The molecule has 1 unspecified atom stereocenters. The summed E-state index contributed by atoms with van der Waals surface area (Å²) in [5.74, 6) is -0.104. The van der Waals surface area contributed by atoms with Crippen molar-refractivity contribution in [1.29, 1.82) is 0 Å². The van der Waals surface area contributed by atoms with Gasteiger partial charge < -0.3 is 10.1 Å². The van der Waals surface area contributed by atoms with E-state index in [9.17, 15) is 4.79 Å². The molecule has 1 aromatic rings. The first-order chi connectivity index (χ1) is 8.71. The maximum atomic E-state index is 11.9. The van der Waals surface area contributed by atoms with Crippen LogP contribution in [0, 0.1) is 0 Å². The van der Waals surface area contributed by atoms with Gasteiger partial charge in [-0.1, -0.05) is 30.3 Å². The Morgan fingerprint density at radius 2 is 2.17 bits per heavy atom. The number of esters is 1. The van der Waals surface area contributed by atoms with Crippen molar-refractivity contribution in [3.8, 4) is 0 Å². The summed E-state index contributed by atoms with van der Waals surface area (Å²) in [5, 5.41) is 3.22. The van der Waals surface area contributed by atoms with Gasteiger partial charge in [0.2, 0.25) is 0 Å². The van der Waals surface area contributed by atoms with Gasteiger partial charge in [-0.3, -0.25) is 4.79 Å². The molecule has 0 radical (unpaired) electrons. The number of benzene rings is 1. The molecule has 1 heterocycles. The van der Waals surface area contributed by atoms with Gasteiger partial charge in [0.05, 0.1) is 6.61 Å². The third-order valence-corrected chi connectivity index (χ3v) is 3.51. The molecule has 1 aliphatic heterocycles. The van der Waals surface area contributed by atoms with Gasteiger partial charge in [-0.25, -0.2) is 0 Å². The number of ether oxygens (including phenoxy) is 1. The van der Waals surface area contributed by atoms with Crippen LogP contribution in [0.15, 0.2) is 30.3 Å². The monoisotopic (exact) mass is 247 g/mol. The molecule has 0 aliphatic carbocycles. The number of hydrogen-bond acceptors (Lipinski definition) is 3. The van der Waals surface area contributed by atoms with Gasteiger partial charge in [-0.2, -0.15) is 0 Å². The van der Waals surface area contributed by atoms with E-state index < -0.39 is 5.54 Å². The largest absolute Gasteiger partial charge is 0.464 e. The summed E-state index contributed by atoms with van der Waals surface area (Å²) >= 11 is 0. The highest BCUT2D eigenvalue weighted by atomic mass is 16.5. The topological polar surface area (TPSA) is 38.3 Å². The zero-order chi connectivity index (χ0) is 12.8. The van der Waals surface area contributed by atoms with Crippen LogP contribution in [-0.4, -0.2) is 24.7 Å². The second-order valence-corrected chi connectivity index (χ2v) is 5.09. The molecule has 1 aromatic carbocycles. The molecule has 18 heavy (non-hydrogen) atoms. The maximum absolute atomic E-state index is 11.9. The third-order valence-electron chi connectivity index (χ3n) is 3.51. The summed E-state index contributed by atoms with van der Waals surface area (Å²) in [4.78, 5) is 11.9. The Labute approximate surface area is 109 Å². The first kappa shape index (κ1) is 13.1. The molecule has 0 bridgehead atoms. The number of aryl methyl sites for hydroxylation is 1. The van der Waals surface area contributed by atoms with Crippen molar-refractivity contribution in [1.82, 2.24) is 5.32 Å². The Balaban J connectivity index is 1.68. The van der Waals surface area contributed by atoms with E-state index in [1.807, 2.05) is 25.1 Å². The molecule has 0 saturated carbocycles. The van der Waals surface area contributed by atoms with Crippen molar-refractivity contribution in [2.75, 3.05) is 13.2 Å². The van der Waals surface area contributed by atoms with Gasteiger partial charge in [0.1, 0.15) is 5.54 Å². The molecule has 3 nitrogen and oxygen atoms in total. The van der Waals surface area contributed by atoms with Gasteiger partial charge in [0, 0.05) is 0 Å². The van der Waals surface area contributed by atoms with Gasteiger partial charge in [-0.15, -0.1) is 0 Å². The van der Waals surface area contributed by atoms with E-state index in [1.54, 1.807) is 0 Å². The van der Waals surface area contributed by atoms with Crippen molar-refractivity contribution < 1.29 is 9.53 Å². The smallest absolute Gasteiger partial charge is 0.326 e. The lowest BCUT2D eigenvalue weighted by molar-refractivity contribution is -0.150. The first-order valence-electron chi connectivity index (χ1n) is 6.67. The Kier molecular flexibility index (Phi) is 4.37. The lowest BCUT2D eigenvalue weighted by Crippen LogP contribution is -2.45. The first-order valence-corrected chi connectivity index (χ1v) is 6.67. The van der Waals surface area contributed by atoms with Gasteiger partial charge in [0.25, 0.3) is 0 Å². The highest BCUT2D eigenvalue weighted by molar-refractivity contribution is 5.80. The number of nitrogens with one attached hydrogen (secondary N) is 1. The average molecular weight is 247 g/mol. The van der Waals surface area contributed by atoms with E-state index in [0.717, 1.165) is 32.2 Å². The lowest BCUT2D eigenvalue weighted by Gasteiger charge is -2.21. The molecule has 2 rings (SSSR count). The van der Waals surface area contributed by atoms with Crippen LogP contribution in [0.1, 0.15) is 31.7 Å². The number of hydrogen-bond donors (Lipinski definition) is 1. The minimum atomic E-state index is -0.452. The van der Waals surface area contributed by atoms with Gasteiger partial charge in [0.15, 0.2) is 0 Å². The zero-order valence-electron chi connectivity index (χ0n) is 10.9. The number of carbonyl (C=O) groups excluding carboxylic acids is 1. The lowest BCUT2D eigenvalue weighted by atomic mass is 10.0. The average Bonchev–Trinajstić information content (AvgIpc) is 2.84. The van der Waals surface area contributed by atoms with E-state index in [1.165, 1.54) is 5.56 Å². The molecule has 1 atom stereocenters. The van der Waals surface area contributed by atoms with Gasteiger partial charge in [-0.05, 0) is 44.7 Å². The fraction of sp³-hybridized carbons (Fsp3) is 0.533. The standard InChI is InChI=1S/C15H21NO2/c1-15(10-6-11-16-15)14(17)18-12-5-9-13-7-3-2-4-8-13/h2-4,7-8,16H,5-6,9-12H2,1H3. The molecule has 0 amide bonds. The number of carbonyl (C=O) groups is 1. The second-order valence-electron chi connectivity index (χ2n) is 5.09. The van der Waals surface area contributed by atoms with Crippen molar-refractivity contribution in [2.45, 2.75) is 38.1 Å². The van der Waals surface area contributed by atoms with Crippen LogP contribution in [0.5, 0.6) is 0 Å². The van der Waals surface area contributed by atoms with E-state index in [-0.39, 0.29) is 5.97 Å². The minimum Gasteiger partial charge on any atom is -0.464 e. The molecule has 0 spiro atoms. The summed E-state index contributed by atoms with van der Waals surface area (Å²) in [6.07, 6.45) is 3.77. The quantitative estimate of drug-likeness (QED) is 0.641. The van der Waals surface area contributed by atoms with E-state index in [0.29, 0.717) is 6.61 Å². The van der Waals surface area contributed by atoms with Crippen molar-refractivity contribution >= 4 is 5.97 Å². The summed E-state index contributed by atoms with van der Waals surface area (Å²) in [6, 6.07) is 10.3. The fourth-order valence-electron chi connectivity index (χ4n) is 2.31. The summed E-state index contributed by atoms with van der Waals surface area (Å²) in [6.45, 7) is 3.35. The molecule has 3 heteroatoms. The normalized spacial score (nSPS) is 22.9. The van der Waals surface area contributed by atoms with Crippen LogP contribution >= 0.6 is 0 Å². The summed E-state index contributed by atoms with van der Waals surface area (Å²) < 4.78 is 5.35. The molecule has 0 aromatic heterocycles. The highest BCUT2D eigenvalue weighted by Crippen LogP contribution is 2.20. The van der Waals surface area contributed by atoms with Crippen molar-refractivity contribution in [2.24, 2.45) is 0 Å². The van der Waals surface area contributed by atoms with E-state index >= 15 is 0 Å². The van der Waals surface area contributed by atoms with Crippen molar-refractivity contribution in [3.05, 3.63) is 35.9 Å². The maximum Gasteiger partial charge on any atom is 0.326 e. The third kappa shape index (κ3) is 3.33. The molecule has 1 aliphatic rings. The molecular formula is C15H21NO2. The minimum absolute atomic E-state index is 0.104. The Morgan fingerprint density at radius 3 is 2.83 bits per heavy atom. The predicted octanol–water partition coefficient (Wildman–Crippen LogP) is 2.30. The SMILES string of the molecule is CC1(C(=O)OCCCc2ccccc2)CCCN1. The van der Waals surface area contributed by atoms with Crippen LogP contribution in [-0.2, 0) is 16.0 Å². The van der Waals surface area contributed by atoms with Crippen LogP contribution < -0.4 is 5.32 Å². The summed E-state index contributed by atoms with van der Waals surface area (Å²) in [5.41, 5.74) is 0.839. The second kappa shape index (κ2) is 6.01. The van der Waals surface area contributed by atoms with Crippen LogP contribution in [0.25, 0.3) is 0 Å². The predicted molar refractivity (Wildman–Crippen MR) is 71.4 cm³/mol. The Hall–Kier alpha value is -1.35. The van der Waals surface area contributed by atoms with Gasteiger partial charge >= 0.3 is 5.97 Å². The van der Waals surface area contributed by atoms with Crippen LogP contribution in [0.2, 0.25) is 0 Å².